The molecule has 19 heavy (non-hydrogen) atoms. The van der Waals surface area contributed by atoms with E-state index in [1.54, 1.807) is 19.1 Å². The number of hydrogen-bond donors (Lipinski definition) is 2. The average Bonchev–Trinajstić information content (AvgIpc) is 2.66. The number of carboxylic acids is 1. The van der Waals surface area contributed by atoms with Crippen molar-refractivity contribution in [1.29, 1.82) is 0 Å². The smallest absolute Gasteiger partial charge is 0.417 e. The molecule has 6 heteroatoms. The minimum Gasteiger partial charge on any atom is -0.481 e. The first kappa shape index (κ1) is 13.1. The van der Waals surface area contributed by atoms with Gasteiger partial charge in [-0.3, -0.25) is 14.6 Å². The highest BCUT2D eigenvalue weighted by Crippen LogP contribution is 2.17. The van der Waals surface area contributed by atoms with E-state index in [1.165, 1.54) is 6.07 Å². The van der Waals surface area contributed by atoms with Gasteiger partial charge in [-0.05, 0) is 24.1 Å². The Kier molecular flexibility index (Phi) is 3.50. The Bertz CT molecular complexity index is 682. The number of ketones is 1. The number of aromatic nitrogens is 1. The molecule has 1 heterocycles. The maximum absolute atomic E-state index is 12.0. The number of carboxylic acid groups (broad SMARTS) is 1. The number of rotatable bonds is 5. The largest absolute Gasteiger partial charge is 0.481 e. The van der Waals surface area contributed by atoms with Crippen LogP contribution in [-0.2, 0) is 4.79 Å². The topological polar surface area (TPSA) is 100 Å². The lowest BCUT2D eigenvalue weighted by Gasteiger charge is -2.07. The van der Waals surface area contributed by atoms with E-state index in [0.29, 0.717) is 16.7 Å². The van der Waals surface area contributed by atoms with Crippen LogP contribution in [0.2, 0.25) is 0 Å². The SMILES string of the molecule is CC(CC(=O)O)CC(=O)c1ccc2[nH]c(=O)oc2c1. The number of nitrogens with one attached hydrogen (secondary N) is 1. The van der Waals surface area contributed by atoms with Crippen LogP contribution < -0.4 is 5.76 Å². The van der Waals surface area contributed by atoms with Gasteiger partial charge in [-0.2, -0.15) is 0 Å². The molecule has 2 N–H and O–H groups in total. The van der Waals surface area contributed by atoms with Crippen LogP contribution in [0.3, 0.4) is 0 Å². The number of hydrogen-bond acceptors (Lipinski definition) is 4. The van der Waals surface area contributed by atoms with Gasteiger partial charge in [-0.1, -0.05) is 6.92 Å². The lowest BCUT2D eigenvalue weighted by molar-refractivity contribution is -0.137. The molecule has 0 aliphatic heterocycles. The van der Waals surface area contributed by atoms with Crippen molar-refractivity contribution < 1.29 is 19.1 Å². The van der Waals surface area contributed by atoms with E-state index in [-0.39, 0.29) is 24.5 Å². The molecule has 0 aliphatic rings. The van der Waals surface area contributed by atoms with Crippen LogP contribution in [0.1, 0.15) is 30.1 Å². The summed E-state index contributed by atoms with van der Waals surface area (Å²) in [7, 11) is 0. The molecule has 1 aromatic carbocycles. The third-order valence-electron chi connectivity index (χ3n) is 2.80. The van der Waals surface area contributed by atoms with Gasteiger partial charge in [0.15, 0.2) is 11.4 Å². The molecule has 2 aromatic rings. The number of aromatic amines is 1. The quantitative estimate of drug-likeness (QED) is 0.801. The molecule has 0 radical (unpaired) electrons. The maximum Gasteiger partial charge on any atom is 0.417 e. The minimum absolute atomic E-state index is 0.0484. The average molecular weight is 263 g/mol. The maximum atomic E-state index is 12.0. The Labute approximate surface area is 108 Å². The van der Waals surface area contributed by atoms with E-state index in [2.05, 4.69) is 4.98 Å². The summed E-state index contributed by atoms with van der Waals surface area (Å²) < 4.78 is 4.87. The van der Waals surface area contributed by atoms with Crippen molar-refractivity contribution in [2.45, 2.75) is 19.8 Å². The number of oxazole rings is 1. The molecule has 100 valence electrons. The summed E-state index contributed by atoms with van der Waals surface area (Å²) in [4.78, 5) is 36.0. The number of aliphatic carboxylic acids is 1. The van der Waals surface area contributed by atoms with E-state index in [9.17, 15) is 14.4 Å². The normalized spacial score (nSPS) is 12.5. The minimum atomic E-state index is -0.924. The second-order valence-electron chi connectivity index (χ2n) is 4.56. The van der Waals surface area contributed by atoms with Crippen molar-refractivity contribution in [2.75, 3.05) is 0 Å². The van der Waals surface area contributed by atoms with Gasteiger partial charge in [0.05, 0.1) is 5.52 Å². The van der Waals surface area contributed by atoms with Crippen LogP contribution in [0.4, 0.5) is 0 Å². The molecule has 0 bridgehead atoms. The summed E-state index contributed by atoms with van der Waals surface area (Å²) >= 11 is 0. The number of fused-ring (bicyclic) bond motifs is 1. The molecule has 1 unspecified atom stereocenters. The zero-order valence-corrected chi connectivity index (χ0v) is 10.3. The molecule has 1 aromatic heterocycles. The van der Waals surface area contributed by atoms with Crippen LogP contribution in [0.5, 0.6) is 0 Å². The van der Waals surface area contributed by atoms with Gasteiger partial charge in [-0.15, -0.1) is 0 Å². The van der Waals surface area contributed by atoms with Crippen molar-refractivity contribution >= 4 is 22.9 Å². The zero-order chi connectivity index (χ0) is 14.0. The number of Topliss-reactive ketones (excluding diaryl/α,β-unsaturated/α-hetero) is 1. The fourth-order valence-electron chi connectivity index (χ4n) is 1.92. The molecule has 0 amide bonds. The number of carbonyl (C=O) groups is 2. The van der Waals surface area contributed by atoms with Crippen molar-refractivity contribution in [3.05, 3.63) is 34.3 Å². The first-order chi connectivity index (χ1) is 8.95. The van der Waals surface area contributed by atoms with Gasteiger partial charge < -0.3 is 9.52 Å². The van der Waals surface area contributed by atoms with Gasteiger partial charge in [0, 0.05) is 18.4 Å². The predicted octanol–water partition coefficient (Wildman–Crippen LogP) is 1.80. The standard InChI is InChI=1S/C13H13NO5/c1-7(5-12(16)17)4-10(15)8-2-3-9-11(6-8)19-13(18)14-9/h2-3,6-7H,4-5H2,1H3,(H,14,18)(H,16,17). The molecular weight excluding hydrogens is 250 g/mol. The first-order valence-corrected chi connectivity index (χ1v) is 5.83. The van der Waals surface area contributed by atoms with Crippen molar-refractivity contribution in [1.82, 2.24) is 4.98 Å². The van der Waals surface area contributed by atoms with E-state index in [1.807, 2.05) is 0 Å². The van der Waals surface area contributed by atoms with Crippen molar-refractivity contribution in [3.63, 3.8) is 0 Å². The Hall–Kier alpha value is -2.37. The summed E-state index contributed by atoms with van der Waals surface area (Å²) in [5, 5.41) is 8.65. The Morgan fingerprint density at radius 2 is 2.11 bits per heavy atom. The van der Waals surface area contributed by atoms with Gasteiger partial charge >= 0.3 is 11.7 Å². The lowest BCUT2D eigenvalue weighted by Crippen LogP contribution is -2.10. The predicted molar refractivity (Wildman–Crippen MR) is 67.2 cm³/mol. The Morgan fingerprint density at radius 1 is 1.37 bits per heavy atom. The highest BCUT2D eigenvalue weighted by Gasteiger charge is 2.15. The van der Waals surface area contributed by atoms with Crippen molar-refractivity contribution in [2.24, 2.45) is 5.92 Å². The van der Waals surface area contributed by atoms with E-state index in [0.717, 1.165) is 0 Å². The monoisotopic (exact) mass is 263 g/mol. The Balaban J connectivity index is 2.16. The summed E-state index contributed by atoms with van der Waals surface area (Å²) in [5.74, 6) is -1.90. The first-order valence-electron chi connectivity index (χ1n) is 5.83. The fourth-order valence-corrected chi connectivity index (χ4v) is 1.92. The second kappa shape index (κ2) is 5.09. The molecule has 0 spiro atoms. The van der Waals surface area contributed by atoms with Crippen LogP contribution in [-0.4, -0.2) is 21.8 Å². The number of carbonyl (C=O) groups excluding carboxylic acids is 1. The van der Waals surface area contributed by atoms with Crippen LogP contribution >= 0.6 is 0 Å². The van der Waals surface area contributed by atoms with Crippen molar-refractivity contribution in [3.8, 4) is 0 Å². The molecule has 0 fully saturated rings. The third kappa shape index (κ3) is 3.09. The fraction of sp³-hybridized carbons (Fsp3) is 0.308. The van der Waals surface area contributed by atoms with Crippen LogP contribution in [0, 0.1) is 5.92 Å². The molecule has 0 aliphatic carbocycles. The lowest BCUT2D eigenvalue weighted by atomic mass is 9.97. The Morgan fingerprint density at radius 3 is 2.79 bits per heavy atom. The highest BCUT2D eigenvalue weighted by atomic mass is 16.4. The number of benzene rings is 1. The molecule has 0 saturated heterocycles. The van der Waals surface area contributed by atoms with Gasteiger partial charge in [0.2, 0.25) is 0 Å². The van der Waals surface area contributed by atoms with E-state index < -0.39 is 11.7 Å². The van der Waals surface area contributed by atoms with Gasteiger partial charge in [-0.25, -0.2) is 4.79 Å². The molecular formula is C13H13NO5. The summed E-state index contributed by atoms with van der Waals surface area (Å²) in [6.45, 7) is 1.71. The van der Waals surface area contributed by atoms with Crippen LogP contribution in [0.25, 0.3) is 11.1 Å². The zero-order valence-electron chi connectivity index (χ0n) is 10.3. The van der Waals surface area contributed by atoms with E-state index in [4.69, 9.17) is 9.52 Å². The molecule has 1 atom stereocenters. The molecule has 6 nitrogen and oxygen atoms in total. The summed E-state index contributed by atoms with van der Waals surface area (Å²) in [6.07, 6.45) is 0.0969. The van der Waals surface area contributed by atoms with Crippen LogP contribution in [0.15, 0.2) is 27.4 Å². The second-order valence-corrected chi connectivity index (χ2v) is 4.56. The number of H-pyrrole nitrogens is 1. The van der Waals surface area contributed by atoms with Gasteiger partial charge in [0.1, 0.15) is 0 Å². The summed E-state index contributed by atoms with van der Waals surface area (Å²) in [6, 6.07) is 4.67. The third-order valence-corrected chi connectivity index (χ3v) is 2.80. The van der Waals surface area contributed by atoms with E-state index >= 15 is 0 Å². The molecule has 2 rings (SSSR count). The van der Waals surface area contributed by atoms with Gasteiger partial charge in [0.25, 0.3) is 0 Å². The highest BCUT2D eigenvalue weighted by molar-refractivity contribution is 5.98. The summed E-state index contributed by atoms with van der Waals surface area (Å²) in [5.41, 5.74) is 1.26. The molecule has 0 saturated carbocycles.